The Kier molecular flexibility index (Phi) is 6.03. The lowest BCUT2D eigenvalue weighted by atomic mass is 10.4. The Hall–Kier alpha value is -0.380. The number of hydrogen-bond acceptors (Lipinski definition) is 3. The zero-order chi connectivity index (χ0) is 12.0. The van der Waals surface area contributed by atoms with E-state index in [0.29, 0.717) is 28.8 Å². The van der Waals surface area contributed by atoms with E-state index in [9.17, 15) is 4.79 Å². The quantitative estimate of drug-likeness (QED) is 0.601. The van der Waals surface area contributed by atoms with Crippen molar-refractivity contribution in [3.63, 3.8) is 0 Å². The lowest BCUT2D eigenvalue weighted by Gasteiger charge is -2.03. The van der Waals surface area contributed by atoms with Crippen LogP contribution in [-0.2, 0) is 9.53 Å². The number of rotatable bonds is 5. The molecule has 1 aromatic rings. The Balaban J connectivity index is 2.37. The first-order valence-corrected chi connectivity index (χ1v) is 6.61. The van der Waals surface area contributed by atoms with Crippen molar-refractivity contribution >= 4 is 40.9 Å². The van der Waals surface area contributed by atoms with E-state index in [0.717, 1.165) is 4.90 Å². The smallest absolute Gasteiger partial charge is 0.306 e. The Labute approximate surface area is 109 Å². The molecule has 0 N–H and O–H groups in total. The highest BCUT2D eigenvalue weighted by Crippen LogP contribution is 2.28. The van der Waals surface area contributed by atoms with E-state index in [1.54, 1.807) is 30.8 Å². The van der Waals surface area contributed by atoms with Crippen LogP contribution in [0.1, 0.15) is 13.3 Å². The standard InChI is InChI=1S/C11H12Cl2O2S/c1-2-15-11(14)5-6-16-8-3-4-9(12)10(13)7-8/h3-4,7H,2,5-6H2,1H3. The van der Waals surface area contributed by atoms with Gasteiger partial charge in [0.2, 0.25) is 0 Å². The van der Waals surface area contributed by atoms with Crippen molar-refractivity contribution in [1.82, 2.24) is 0 Å². The fourth-order valence-electron chi connectivity index (χ4n) is 1.05. The first-order chi connectivity index (χ1) is 7.63. The Morgan fingerprint density at radius 1 is 1.38 bits per heavy atom. The highest BCUT2D eigenvalue weighted by atomic mass is 35.5. The SMILES string of the molecule is CCOC(=O)CCSc1ccc(Cl)c(Cl)c1. The number of ether oxygens (including phenoxy) is 1. The van der Waals surface area contributed by atoms with Gasteiger partial charge in [-0.15, -0.1) is 11.8 Å². The average molecular weight is 279 g/mol. The van der Waals surface area contributed by atoms with E-state index in [1.807, 2.05) is 6.07 Å². The average Bonchev–Trinajstić information content (AvgIpc) is 2.24. The van der Waals surface area contributed by atoms with Crippen LogP contribution in [0.4, 0.5) is 0 Å². The molecule has 0 radical (unpaired) electrons. The molecule has 16 heavy (non-hydrogen) atoms. The second-order valence-corrected chi connectivity index (χ2v) is 4.96. The molecule has 0 aromatic heterocycles. The highest BCUT2D eigenvalue weighted by Gasteiger charge is 2.03. The van der Waals surface area contributed by atoms with Crippen LogP contribution in [0.5, 0.6) is 0 Å². The molecule has 0 spiro atoms. The maximum Gasteiger partial charge on any atom is 0.306 e. The molecule has 5 heteroatoms. The molecule has 0 aliphatic carbocycles. The summed E-state index contributed by atoms with van der Waals surface area (Å²) >= 11 is 13.2. The van der Waals surface area contributed by atoms with E-state index in [4.69, 9.17) is 27.9 Å². The van der Waals surface area contributed by atoms with Crippen LogP contribution in [-0.4, -0.2) is 18.3 Å². The topological polar surface area (TPSA) is 26.3 Å². The zero-order valence-corrected chi connectivity index (χ0v) is 11.2. The predicted octanol–water partition coefficient (Wildman–Crippen LogP) is 4.04. The molecule has 2 nitrogen and oxygen atoms in total. The summed E-state index contributed by atoms with van der Waals surface area (Å²) in [5.74, 6) is 0.506. The predicted molar refractivity (Wildman–Crippen MR) is 68.4 cm³/mol. The van der Waals surface area contributed by atoms with Gasteiger partial charge in [0, 0.05) is 10.6 Å². The van der Waals surface area contributed by atoms with Crippen LogP contribution >= 0.6 is 35.0 Å². The van der Waals surface area contributed by atoms with Gasteiger partial charge in [0.05, 0.1) is 23.1 Å². The third kappa shape index (κ3) is 4.64. The minimum Gasteiger partial charge on any atom is -0.466 e. The summed E-state index contributed by atoms with van der Waals surface area (Å²) in [5.41, 5.74) is 0. The number of thioether (sulfide) groups is 1. The van der Waals surface area contributed by atoms with Gasteiger partial charge in [0.15, 0.2) is 0 Å². The van der Waals surface area contributed by atoms with Gasteiger partial charge in [0.25, 0.3) is 0 Å². The fraction of sp³-hybridized carbons (Fsp3) is 0.364. The summed E-state index contributed by atoms with van der Waals surface area (Å²) in [4.78, 5) is 12.1. The lowest BCUT2D eigenvalue weighted by molar-refractivity contribution is -0.142. The summed E-state index contributed by atoms with van der Waals surface area (Å²) in [6.07, 6.45) is 0.402. The number of hydrogen-bond donors (Lipinski definition) is 0. The summed E-state index contributed by atoms with van der Waals surface area (Å²) < 4.78 is 4.82. The van der Waals surface area contributed by atoms with Crippen LogP contribution in [0, 0.1) is 0 Å². The third-order valence-corrected chi connectivity index (χ3v) is 3.51. The summed E-state index contributed by atoms with van der Waals surface area (Å²) in [6.45, 7) is 2.22. The fourth-order valence-corrected chi connectivity index (χ4v) is 2.28. The Bertz CT molecular complexity index is 369. The van der Waals surface area contributed by atoms with Crippen molar-refractivity contribution in [2.75, 3.05) is 12.4 Å². The lowest BCUT2D eigenvalue weighted by Crippen LogP contribution is -2.04. The Morgan fingerprint density at radius 3 is 2.75 bits per heavy atom. The first-order valence-electron chi connectivity index (χ1n) is 4.87. The molecule has 0 bridgehead atoms. The molecule has 88 valence electrons. The molecular formula is C11H12Cl2O2S. The summed E-state index contributed by atoms with van der Waals surface area (Å²) in [5, 5.41) is 1.07. The van der Waals surface area contributed by atoms with Gasteiger partial charge in [0.1, 0.15) is 0 Å². The molecule has 0 atom stereocenters. The van der Waals surface area contributed by atoms with Crippen LogP contribution < -0.4 is 0 Å². The number of esters is 1. The van der Waals surface area contributed by atoms with E-state index in [1.165, 1.54) is 0 Å². The Morgan fingerprint density at radius 2 is 2.12 bits per heavy atom. The molecule has 1 aromatic carbocycles. The van der Waals surface area contributed by atoms with Crippen molar-refractivity contribution in [2.24, 2.45) is 0 Å². The number of halogens is 2. The molecule has 0 aliphatic rings. The van der Waals surface area contributed by atoms with Gasteiger partial charge < -0.3 is 4.74 Å². The molecule has 0 unspecified atom stereocenters. The van der Waals surface area contributed by atoms with Crippen molar-refractivity contribution in [2.45, 2.75) is 18.2 Å². The molecule has 0 saturated carbocycles. The third-order valence-electron chi connectivity index (χ3n) is 1.77. The van der Waals surface area contributed by atoms with E-state index >= 15 is 0 Å². The van der Waals surface area contributed by atoms with Crippen LogP contribution in [0.3, 0.4) is 0 Å². The molecule has 1 rings (SSSR count). The number of carbonyl (C=O) groups is 1. The molecule has 0 aliphatic heterocycles. The number of benzene rings is 1. The monoisotopic (exact) mass is 278 g/mol. The van der Waals surface area contributed by atoms with Crippen molar-refractivity contribution < 1.29 is 9.53 Å². The van der Waals surface area contributed by atoms with Crippen molar-refractivity contribution in [3.05, 3.63) is 28.2 Å². The molecular weight excluding hydrogens is 267 g/mol. The normalized spacial score (nSPS) is 10.2. The van der Waals surface area contributed by atoms with Gasteiger partial charge in [-0.05, 0) is 25.1 Å². The van der Waals surface area contributed by atoms with E-state index in [2.05, 4.69) is 0 Å². The summed E-state index contributed by atoms with van der Waals surface area (Å²) in [6, 6.07) is 5.42. The largest absolute Gasteiger partial charge is 0.466 e. The van der Waals surface area contributed by atoms with Gasteiger partial charge in [-0.3, -0.25) is 4.79 Å². The summed E-state index contributed by atoms with van der Waals surface area (Å²) in [7, 11) is 0. The maximum absolute atomic E-state index is 11.1. The first kappa shape index (κ1) is 13.7. The second kappa shape index (κ2) is 7.05. The molecule has 0 saturated heterocycles. The minimum atomic E-state index is -0.171. The zero-order valence-electron chi connectivity index (χ0n) is 8.83. The van der Waals surface area contributed by atoms with E-state index < -0.39 is 0 Å². The van der Waals surface area contributed by atoms with Crippen LogP contribution in [0.2, 0.25) is 10.0 Å². The highest BCUT2D eigenvalue weighted by molar-refractivity contribution is 7.99. The van der Waals surface area contributed by atoms with Gasteiger partial charge in [-0.25, -0.2) is 0 Å². The minimum absolute atomic E-state index is 0.171. The maximum atomic E-state index is 11.1. The van der Waals surface area contributed by atoms with Gasteiger partial charge in [-0.2, -0.15) is 0 Å². The van der Waals surface area contributed by atoms with Crippen molar-refractivity contribution in [3.8, 4) is 0 Å². The van der Waals surface area contributed by atoms with Crippen molar-refractivity contribution in [1.29, 1.82) is 0 Å². The molecule has 0 fully saturated rings. The van der Waals surface area contributed by atoms with Gasteiger partial charge >= 0.3 is 5.97 Å². The van der Waals surface area contributed by atoms with Gasteiger partial charge in [-0.1, -0.05) is 23.2 Å². The van der Waals surface area contributed by atoms with E-state index in [-0.39, 0.29) is 5.97 Å². The van der Waals surface area contributed by atoms with Crippen LogP contribution in [0.15, 0.2) is 23.1 Å². The molecule has 0 amide bonds. The molecule has 0 heterocycles. The second-order valence-electron chi connectivity index (χ2n) is 2.98. The number of carbonyl (C=O) groups excluding carboxylic acids is 1. The van der Waals surface area contributed by atoms with Crippen LogP contribution in [0.25, 0.3) is 0 Å².